The summed E-state index contributed by atoms with van der Waals surface area (Å²) < 4.78 is 9.94. The lowest BCUT2D eigenvalue weighted by atomic mass is 10.3. The van der Waals surface area contributed by atoms with E-state index in [1.165, 1.54) is 13.2 Å². The van der Waals surface area contributed by atoms with Crippen molar-refractivity contribution in [2.45, 2.75) is 6.92 Å². The molecule has 2 aromatic heterocycles. The minimum absolute atomic E-state index is 0.0837. The van der Waals surface area contributed by atoms with Crippen LogP contribution in [0.3, 0.4) is 0 Å². The molecular formula is C13H11N3O5. The van der Waals surface area contributed by atoms with E-state index in [-0.39, 0.29) is 17.3 Å². The molecule has 0 radical (unpaired) electrons. The highest BCUT2D eigenvalue weighted by Crippen LogP contribution is 2.30. The molecule has 8 heteroatoms. The second-order valence-electron chi connectivity index (χ2n) is 3.96. The third-order valence-electron chi connectivity index (χ3n) is 2.60. The summed E-state index contributed by atoms with van der Waals surface area (Å²) in [4.78, 5) is 29.6. The number of nitro groups is 1. The fraction of sp³-hybridized carbons (Fsp3) is 0.154. The Labute approximate surface area is 119 Å². The summed E-state index contributed by atoms with van der Waals surface area (Å²) in [7, 11) is 1.19. The van der Waals surface area contributed by atoms with Crippen LogP contribution in [0.25, 0.3) is 0 Å². The van der Waals surface area contributed by atoms with Gasteiger partial charge in [0.25, 0.3) is 0 Å². The number of methoxy groups -OCH3 is 1. The number of hydrogen-bond acceptors (Lipinski definition) is 7. The van der Waals surface area contributed by atoms with Gasteiger partial charge in [-0.3, -0.25) is 15.1 Å². The maximum Gasteiger partial charge on any atom is 0.356 e. The third-order valence-corrected chi connectivity index (χ3v) is 2.60. The molecule has 0 spiro atoms. The third kappa shape index (κ3) is 3.11. The van der Waals surface area contributed by atoms with Gasteiger partial charge in [-0.2, -0.15) is 4.98 Å². The Morgan fingerprint density at radius 1 is 1.33 bits per heavy atom. The first-order chi connectivity index (χ1) is 10.0. The van der Waals surface area contributed by atoms with Crippen LogP contribution in [0.15, 0.2) is 30.5 Å². The van der Waals surface area contributed by atoms with Gasteiger partial charge in [0.1, 0.15) is 0 Å². The van der Waals surface area contributed by atoms with E-state index in [9.17, 15) is 14.9 Å². The minimum atomic E-state index is -0.711. The van der Waals surface area contributed by atoms with Crippen LogP contribution in [0, 0.1) is 17.0 Å². The van der Waals surface area contributed by atoms with Gasteiger partial charge in [-0.1, -0.05) is 0 Å². The highest BCUT2D eigenvalue weighted by molar-refractivity contribution is 5.87. The second-order valence-corrected chi connectivity index (χ2v) is 3.96. The van der Waals surface area contributed by atoms with Crippen LogP contribution >= 0.6 is 0 Å². The molecule has 108 valence electrons. The monoisotopic (exact) mass is 289 g/mol. The van der Waals surface area contributed by atoms with Crippen LogP contribution in [0.4, 0.5) is 5.69 Å². The molecule has 0 unspecified atom stereocenters. The van der Waals surface area contributed by atoms with E-state index in [0.29, 0.717) is 11.4 Å². The lowest BCUT2D eigenvalue weighted by molar-refractivity contribution is -0.386. The molecule has 0 saturated heterocycles. The molecule has 0 atom stereocenters. The number of aromatic nitrogens is 2. The number of esters is 1. The molecule has 0 fully saturated rings. The number of carbonyl (C=O) groups excluding carboxylic acids is 1. The molecule has 21 heavy (non-hydrogen) atoms. The minimum Gasteiger partial charge on any atom is -0.464 e. The predicted molar refractivity (Wildman–Crippen MR) is 71.3 cm³/mol. The quantitative estimate of drug-likeness (QED) is 0.483. The van der Waals surface area contributed by atoms with Crippen molar-refractivity contribution in [3.8, 4) is 11.6 Å². The highest BCUT2D eigenvalue weighted by Gasteiger charge is 2.21. The van der Waals surface area contributed by atoms with E-state index in [1.807, 2.05) is 0 Å². The molecule has 0 aromatic carbocycles. The fourth-order valence-corrected chi connectivity index (χ4v) is 1.55. The van der Waals surface area contributed by atoms with Crippen molar-refractivity contribution < 1.29 is 19.2 Å². The lowest BCUT2D eigenvalue weighted by Gasteiger charge is -2.08. The summed E-state index contributed by atoms with van der Waals surface area (Å²) in [5.74, 6) is -0.688. The zero-order chi connectivity index (χ0) is 15.4. The lowest BCUT2D eigenvalue weighted by Crippen LogP contribution is -2.06. The summed E-state index contributed by atoms with van der Waals surface area (Å²) in [6.07, 6.45) is 1.56. The maximum absolute atomic E-state index is 11.4. The number of pyridine rings is 2. The normalized spacial score (nSPS) is 10.0. The van der Waals surface area contributed by atoms with Crippen molar-refractivity contribution in [1.82, 2.24) is 9.97 Å². The molecule has 0 aliphatic heterocycles. The second kappa shape index (κ2) is 5.95. The molecule has 0 amide bonds. The van der Waals surface area contributed by atoms with Crippen molar-refractivity contribution >= 4 is 11.7 Å². The van der Waals surface area contributed by atoms with Crippen molar-refractivity contribution in [1.29, 1.82) is 0 Å². The van der Waals surface area contributed by atoms with Crippen LogP contribution in [0.2, 0.25) is 0 Å². The van der Waals surface area contributed by atoms with Gasteiger partial charge in [0.2, 0.25) is 0 Å². The Hall–Kier alpha value is -3.03. The molecule has 0 saturated carbocycles. The Morgan fingerprint density at radius 3 is 2.71 bits per heavy atom. The summed E-state index contributed by atoms with van der Waals surface area (Å²) in [6.45, 7) is 1.69. The molecule has 0 bridgehead atoms. The van der Waals surface area contributed by atoms with Crippen molar-refractivity contribution in [3.05, 3.63) is 52.0 Å². The summed E-state index contributed by atoms with van der Waals surface area (Å²) >= 11 is 0. The van der Waals surface area contributed by atoms with Gasteiger partial charge in [-0.25, -0.2) is 4.79 Å². The maximum atomic E-state index is 11.4. The summed E-state index contributed by atoms with van der Waals surface area (Å²) in [5, 5.41) is 11.0. The molecular weight excluding hydrogens is 278 g/mol. The van der Waals surface area contributed by atoms with E-state index >= 15 is 0 Å². The number of hydrogen-bond donors (Lipinski definition) is 0. The summed E-state index contributed by atoms with van der Waals surface area (Å²) in [5.41, 5.74) is 0.0996. The van der Waals surface area contributed by atoms with Crippen LogP contribution < -0.4 is 4.74 Å². The largest absolute Gasteiger partial charge is 0.464 e. The number of carbonyl (C=O) groups is 1. The summed E-state index contributed by atoms with van der Waals surface area (Å²) in [6, 6.07) is 5.56. The number of rotatable bonds is 4. The molecule has 0 aliphatic rings. The van der Waals surface area contributed by atoms with E-state index in [4.69, 9.17) is 4.74 Å². The number of aryl methyl sites for hydroxylation is 1. The smallest absolute Gasteiger partial charge is 0.356 e. The first-order valence-corrected chi connectivity index (χ1v) is 5.86. The highest BCUT2D eigenvalue weighted by atomic mass is 16.6. The van der Waals surface area contributed by atoms with Gasteiger partial charge >= 0.3 is 17.5 Å². The zero-order valence-electron chi connectivity index (χ0n) is 11.3. The van der Waals surface area contributed by atoms with Gasteiger partial charge in [-0.05, 0) is 25.1 Å². The number of nitrogens with zero attached hydrogens (tertiary/aromatic N) is 3. The molecule has 0 aliphatic carbocycles. The fourth-order valence-electron chi connectivity index (χ4n) is 1.55. The molecule has 8 nitrogen and oxygen atoms in total. The molecule has 2 heterocycles. The van der Waals surface area contributed by atoms with E-state index in [1.54, 1.807) is 25.3 Å². The van der Waals surface area contributed by atoms with Crippen molar-refractivity contribution in [2.24, 2.45) is 0 Å². The predicted octanol–water partition coefficient (Wildman–Crippen LogP) is 2.27. The van der Waals surface area contributed by atoms with Gasteiger partial charge in [-0.15, -0.1) is 0 Å². The van der Waals surface area contributed by atoms with E-state index in [0.717, 1.165) is 6.07 Å². The van der Waals surface area contributed by atoms with E-state index in [2.05, 4.69) is 14.7 Å². The van der Waals surface area contributed by atoms with Gasteiger partial charge in [0, 0.05) is 12.3 Å². The average Bonchev–Trinajstić information content (AvgIpc) is 2.48. The number of ether oxygens (including phenoxy) is 2. The first kappa shape index (κ1) is 14.4. The Balaban J connectivity index is 2.46. The average molecular weight is 289 g/mol. The van der Waals surface area contributed by atoms with Crippen LogP contribution in [-0.4, -0.2) is 28.0 Å². The van der Waals surface area contributed by atoms with Gasteiger partial charge in [0.15, 0.2) is 11.4 Å². The Bertz CT molecular complexity index is 702. The zero-order valence-corrected chi connectivity index (χ0v) is 11.3. The Kier molecular flexibility index (Phi) is 4.07. The van der Waals surface area contributed by atoms with E-state index < -0.39 is 10.9 Å². The van der Waals surface area contributed by atoms with Crippen LogP contribution in [-0.2, 0) is 4.74 Å². The molecule has 0 N–H and O–H groups in total. The SMILES string of the molecule is COC(=O)c1ccc([N+](=O)[O-])c(Oc2cccnc2C)n1. The van der Waals surface area contributed by atoms with Gasteiger partial charge in [0.05, 0.1) is 17.7 Å². The Morgan fingerprint density at radius 2 is 2.10 bits per heavy atom. The first-order valence-electron chi connectivity index (χ1n) is 5.86. The van der Waals surface area contributed by atoms with Crippen molar-refractivity contribution in [2.75, 3.05) is 7.11 Å². The topological polar surface area (TPSA) is 104 Å². The molecule has 2 rings (SSSR count). The van der Waals surface area contributed by atoms with Gasteiger partial charge < -0.3 is 9.47 Å². The van der Waals surface area contributed by atoms with Crippen LogP contribution in [0.5, 0.6) is 11.6 Å². The standard InChI is InChI=1S/C13H11N3O5/c1-8-11(4-3-7-14-8)21-12-10(16(18)19)6-5-9(15-12)13(17)20-2/h3-7H,1-2H3. The van der Waals surface area contributed by atoms with Crippen molar-refractivity contribution in [3.63, 3.8) is 0 Å². The molecule has 2 aromatic rings. The van der Waals surface area contributed by atoms with Crippen LogP contribution in [0.1, 0.15) is 16.2 Å².